The molecule has 0 aliphatic carbocycles. The van der Waals surface area contributed by atoms with Crippen molar-refractivity contribution in [1.29, 1.82) is 0 Å². The highest BCUT2D eigenvalue weighted by molar-refractivity contribution is 6.02. The topological polar surface area (TPSA) is 78.4 Å². The van der Waals surface area contributed by atoms with E-state index in [1.165, 1.54) is 28.2 Å². The molecule has 0 saturated carbocycles. The smallest absolute Gasteiger partial charge is 0.275 e. The van der Waals surface area contributed by atoms with Crippen molar-refractivity contribution in [2.45, 2.75) is 13.8 Å². The van der Waals surface area contributed by atoms with E-state index >= 15 is 0 Å². The van der Waals surface area contributed by atoms with Gasteiger partial charge in [-0.1, -0.05) is 48.0 Å². The van der Waals surface area contributed by atoms with Gasteiger partial charge in [-0.2, -0.15) is 0 Å². The number of piperazine rings is 1. The maximum absolute atomic E-state index is 12.1. The highest BCUT2D eigenvalue weighted by Gasteiger charge is 2.14. The molecule has 3 aromatic carbocycles. The fraction of sp³-hybridized carbons (Fsp3) is 0.226. The van der Waals surface area contributed by atoms with Gasteiger partial charge in [0.05, 0.1) is 11.9 Å². The second-order valence-electron chi connectivity index (χ2n) is 8.68. The molecule has 5 rings (SSSR count). The summed E-state index contributed by atoms with van der Waals surface area (Å²) in [6.45, 7) is 16.2. The molecule has 198 valence electrons. The summed E-state index contributed by atoms with van der Waals surface area (Å²) in [7, 11) is 2.14. The molecule has 1 aliphatic rings. The first-order valence-electron chi connectivity index (χ1n) is 12.4. The molecule has 7 heteroatoms. The Bertz CT molecular complexity index is 1270. The van der Waals surface area contributed by atoms with Crippen LogP contribution in [0.5, 0.6) is 0 Å². The first-order chi connectivity index (χ1) is 18.5. The molecule has 0 atom stereocenters. The van der Waals surface area contributed by atoms with Crippen LogP contribution in [0.2, 0.25) is 0 Å². The number of nitrogens with one attached hydrogen (secondary N) is 1. The third-order valence-electron chi connectivity index (χ3n) is 5.91. The largest absolute Gasteiger partial charge is 0.369 e. The van der Waals surface area contributed by atoms with Gasteiger partial charge in [-0.3, -0.25) is 9.78 Å². The van der Waals surface area contributed by atoms with E-state index in [1.54, 1.807) is 6.20 Å². The maximum Gasteiger partial charge on any atom is 0.275 e. The molecule has 7 nitrogen and oxygen atoms in total. The fourth-order valence-corrected chi connectivity index (χ4v) is 3.83. The van der Waals surface area contributed by atoms with Crippen LogP contribution >= 0.6 is 0 Å². The van der Waals surface area contributed by atoms with E-state index in [4.69, 9.17) is 4.79 Å². The van der Waals surface area contributed by atoms with Crippen molar-refractivity contribution in [1.82, 2.24) is 14.9 Å². The summed E-state index contributed by atoms with van der Waals surface area (Å²) >= 11 is 0. The lowest BCUT2D eigenvalue weighted by Gasteiger charge is -2.34. The molecule has 0 radical (unpaired) electrons. The van der Waals surface area contributed by atoms with Gasteiger partial charge >= 0.3 is 0 Å². The second-order valence-corrected chi connectivity index (χ2v) is 8.68. The zero-order valence-electron chi connectivity index (χ0n) is 22.6. The van der Waals surface area contributed by atoms with Crippen LogP contribution in [0.1, 0.15) is 21.7 Å². The van der Waals surface area contributed by atoms with Gasteiger partial charge in [-0.05, 0) is 55.9 Å². The summed E-state index contributed by atoms with van der Waals surface area (Å²) < 4.78 is 0. The van der Waals surface area contributed by atoms with Gasteiger partial charge in [-0.25, -0.2) is 4.98 Å². The third kappa shape index (κ3) is 8.94. The number of hydrogen-bond donors (Lipinski definition) is 1. The lowest BCUT2D eigenvalue weighted by molar-refractivity contribution is -0.0980. The number of hydrogen-bond acceptors (Lipinski definition) is 6. The SMILES string of the molecule is C=C.C=O.Cc1ccc2ccccc2c1.Cc1cnc(C(=O)Nc2ccc(N3CCN(C)CC3)cc2)cn1. The molecule has 38 heavy (non-hydrogen) atoms. The number of carbonyl (C=O) groups is 2. The van der Waals surface area contributed by atoms with E-state index < -0.39 is 0 Å². The van der Waals surface area contributed by atoms with E-state index in [2.05, 4.69) is 94.7 Å². The Labute approximate surface area is 225 Å². The van der Waals surface area contributed by atoms with Crippen LogP contribution in [-0.2, 0) is 4.79 Å². The van der Waals surface area contributed by atoms with Gasteiger partial charge in [0.15, 0.2) is 0 Å². The standard InChI is InChI=1S/C17H21N5O.C11H10.C2H4.CH2O/c1-13-11-19-16(12-18-13)17(23)20-14-3-5-15(6-4-14)22-9-7-21(2)8-10-22;1-9-6-7-10-4-2-3-5-11(10)8-9;2*1-2/h3-6,11-12H,7-10H2,1-2H3,(H,20,23);2-8H,1H3;1-2H2;1H2. The summed E-state index contributed by atoms with van der Waals surface area (Å²) in [5.74, 6) is -0.246. The molecule has 0 spiro atoms. The molecule has 1 amide bonds. The number of likely N-dealkylation sites (N-methyl/N-ethyl adjacent to an activating group) is 1. The monoisotopic (exact) mass is 511 g/mol. The number of rotatable bonds is 3. The van der Waals surface area contributed by atoms with Crippen LogP contribution in [0, 0.1) is 13.8 Å². The minimum atomic E-state index is -0.246. The minimum Gasteiger partial charge on any atom is -0.369 e. The lowest BCUT2D eigenvalue weighted by Crippen LogP contribution is -2.44. The van der Waals surface area contributed by atoms with E-state index in [-0.39, 0.29) is 5.91 Å². The number of aryl methyl sites for hydroxylation is 2. The number of anilines is 2. The average Bonchev–Trinajstić information content (AvgIpc) is 2.97. The number of benzene rings is 3. The zero-order chi connectivity index (χ0) is 27.9. The van der Waals surface area contributed by atoms with Gasteiger partial charge in [0.2, 0.25) is 0 Å². The van der Waals surface area contributed by atoms with Gasteiger partial charge in [0.1, 0.15) is 12.5 Å². The summed E-state index contributed by atoms with van der Waals surface area (Å²) in [6.07, 6.45) is 3.08. The molecule has 4 aromatic rings. The molecule has 1 aliphatic heterocycles. The van der Waals surface area contributed by atoms with Gasteiger partial charge in [0, 0.05) is 43.8 Å². The van der Waals surface area contributed by atoms with Crippen molar-refractivity contribution in [3.8, 4) is 0 Å². The van der Waals surface area contributed by atoms with Crippen LogP contribution in [0.3, 0.4) is 0 Å². The molecule has 1 aromatic heterocycles. The van der Waals surface area contributed by atoms with Crippen molar-refractivity contribution >= 4 is 34.8 Å². The van der Waals surface area contributed by atoms with Crippen LogP contribution in [0.25, 0.3) is 10.8 Å². The zero-order valence-corrected chi connectivity index (χ0v) is 22.6. The Hall–Kier alpha value is -4.36. The highest BCUT2D eigenvalue weighted by Crippen LogP contribution is 2.19. The van der Waals surface area contributed by atoms with E-state index in [1.807, 2.05) is 38.0 Å². The predicted octanol–water partition coefficient (Wildman–Crippen LogP) is 5.55. The predicted molar refractivity (Wildman–Crippen MR) is 158 cm³/mol. The Morgan fingerprint density at radius 1 is 0.816 bits per heavy atom. The van der Waals surface area contributed by atoms with E-state index in [0.717, 1.165) is 37.6 Å². The summed E-state index contributed by atoms with van der Waals surface area (Å²) in [4.78, 5) is 33.0. The number of fused-ring (bicyclic) bond motifs is 1. The van der Waals surface area contributed by atoms with Crippen LogP contribution in [0.15, 0.2) is 92.3 Å². The van der Waals surface area contributed by atoms with Crippen molar-refractivity contribution < 1.29 is 9.59 Å². The first-order valence-corrected chi connectivity index (χ1v) is 12.4. The van der Waals surface area contributed by atoms with Crippen LogP contribution in [-0.4, -0.2) is 60.8 Å². The number of amides is 1. The van der Waals surface area contributed by atoms with Gasteiger partial charge < -0.3 is 19.9 Å². The molecule has 1 fully saturated rings. The third-order valence-corrected chi connectivity index (χ3v) is 5.91. The van der Waals surface area contributed by atoms with Crippen molar-refractivity contribution in [3.05, 3.63) is 109 Å². The van der Waals surface area contributed by atoms with E-state index in [0.29, 0.717) is 5.69 Å². The quantitative estimate of drug-likeness (QED) is 0.363. The fourth-order valence-electron chi connectivity index (χ4n) is 3.83. The number of nitrogens with zero attached hydrogens (tertiary/aromatic N) is 4. The summed E-state index contributed by atoms with van der Waals surface area (Å²) in [5.41, 5.74) is 4.38. The minimum absolute atomic E-state index is 0.246. The Kier molecular flexibility index (Phi) is 12.3. The second kappa shape index (κ2) is 15.7. The Balaban J connectivity index is 0.000000282. The normalized spacial score (nSPS) is 12.6. The molecular formula is C31H37N5O2. The Morgan fingerprint density at radius 2 is 1.45 bits per heavy atom. The molecule has 1 N–H and O–H groups in total. The number of aromatic nitrogens is 2. The van der Waals surface area contributed by atoms with E-state index in [9.17, 15) is 4.79 Å². The van der Waals surface area contributed by atoms with Crippen LogP contribution < -0.4 is 10.2 Å². The summed E-state index contributed by atoms with van der Waals surface area (Å²) in [5, 5.41) is 5.49. The van der Waals surface area contributed by atoms with Gasteiger partial charge in [0.25, 0.3) is 5.91 Å². The first kappa shape index (κ1) is 29.9. The molecule has 1 saturated heterocycles. The van der Waals surface area contributed by atoms with Crippen molar-refractivity contribution in [2.75, 3.05) is 43.4 Å². The molecule has 0 unspecified atom stereocenters. The van der Waals surface area contributed by atoms with Crippen molar-refractivity contribution in [2.24, 2.45) is 0 Å². The maximum atomic E-state index is 12.1. The van der Waals surface area contributed by atoms with Gasteiger partial charge in [-0.15, -0.1) is 13.2 Å². The summed E-state index contributed by atoms with van der Waals surface area (Å²) in [6, 6.07) is 22.8. The number of carbonyl (C=O) groups excluding carboxylic acids is 2. The lowest BCUT2D eigenvalue weighted by atomic mass is 10.1. The Morgan fingerprint density at radius 3 is 2.05 bits per heavy atom. The molecule has 2 heterocycles. The molecular weight excluding hydrogens is 474 g/mol. The van der Waals surface area contributed by atoms with Crippen LogP contribution in [0.4, 0.5) is 11.4 Å². The average molecular weight is 512 g/mol. The highest BCUT2D eigenvalue weighted by atomic mass is 16.1. The molecule has 0 bridgehead atoms. The van der Waals surface area contributed by atoms with Crippen molar-refractivity contribution in [3.63, 3.8) is 0 Å².